The monoisotopic (exact) mass is 365 g/mol. The molecule has 122 valence electrons. The summed E-state index contributed by atoms with van der Waals surface area (Å²) in [6, 6.07) is 2.39. The fraction of sp³-hybridized carbons (Fsp3) is 0.583. The lowest BCUT2D eigenvalue weighted by Gasteiger charge is -2.37. The molecule has 0 saturated carbocycles. The van der Waals surface area contributed by atoms with E-state index in [1.807, 2.05) is 27.9 Å². The van der Waals surface area contributed by atoms with Gasteiger partial charge in [0.05, 0.1) is 25.2 Å². The van der Waals surface area contributed by atoms with Crippen LogP contribution in [0.5, 0.6) is 0 Å². The maximum absolute atomic E-state index is 12.5. The largest absolute Gasteiger partial charge is 1.00 e. The molecule has 0 amide bonds. The molecule has 0 bridgehead atoms. The first-order valence-corrected chi connectivity index (χ1v) is 6.52. The molecule has 9 heteroatoms. The molecule has 21 heavy (non-hydrogen) atoms. The van der Waals surface area contributed by atoms with Gasteiger partial charge < -0.3 is 12.4 Å². The molecule has 1 rings (SSSR count). The third kappa shape index (κ3) is 5.45. The molecule has 0 N–H and O–H groups in total. The van der Waals surface area contributed by atoms with Gasteiger partial charge in [-0.3, -0.25) is 4.48 Å². The van der Waals surface area contributed by atoms with Gasteiger partial charge in [-0.2, -0.15) is 13.2 Å². The van der Waals surface area contributed by atoms with Crippen molar-refractivity contribution < 1.29 is 25.6 Å². The quantitative estimate of drug-likeness (QED) is 0.585. The van der Waals surface area contributed by atoms with Crippen molar-refractivity contribution >= 4 is 29.4 Å². The van der Waals surface area contributed by atoms with Gasteiger partial charge in [-0.1, -0.05) is 0 Å². The summed E-state index contributed by atoms with van der Waals surface area (Å²) in [6.45, 7) is 4.13. The van der Waals surface area contributed by atoms with Crippen molar-refractivity contribution in [3.63, 3.8) is 0 Å². The number of hydrogen-bond donors (Lipinski definition) is 0. The van der Waals surface area contributed by atoms with E-state index < -0.39 is 17.3 Å². The van der Waals surface area contributed by atoms with Crippen molar-refractivity contribution in [1.29, 1.82) is 0 Å². The summed E-state index contributed by atoms with van der Waals surface area (Å²) in [7, 11) is 3.66. The number of likely N-dealkylation sites (N-methyl/N-ethyl adjacent to an activating group) is 1. The number of hydrogen-bond acceptors (Lipinski definition) is 2. The van der Waals surface area contributed by atoms with Crippen LogP contribution in [-0.4, -0.2) is 35.1 Å². The molecular weight excluding hydrogens is 350 g/mol. The molecule has 0 aliphatic carbocycles. The SMILES string of the molecule is CC(C)(C[N+](C)(C)c1ccc(C(F)(F)F)cn1)N(Cl)Cl.[Cl-]. The van der Waals surface area contributed by atoms with Crippen molar-refractivity contribution in [3.05, 3.63) is 23.9 Å². The Balaban J connectivity index is 0.00000400. The van der Waals surface area contributed by atoms with Crippen molar-refractivity contribution in [2.24, 2.45) is 0 Å². The fourth-order valence-electron chi connectivity index (χ4n) is 2.01. The first kappa shape index (κ1) is 20.7. The maximum Gasteiger partial charge on any atom is 0.417 e. The fourth-order valence-corrected chi connectivity index (χ4v) is 2.12. The van der Waals surface area contributed by atoms with E-state index in [0.29, 0.717) is 12.4 Å². The molecule has 0 aliphatic heterocycles. The van der Waals surface area contributed by atoms with Crippen LogP contribution >= 0.6 is 23.6 Å². The Morgan fingerprint density at radius 2 is 1.71 bits per heavy atom. The minimum Gasteiger partial charge on any atom is -1.00 e. The van der Waals surface area contributed by atoms with Crippen LogP contribution in [0, 0.1) is 0 Å². The second kappa shape index (κ2) is 6.87. The molecule has 1 aromatic rings. The molecule has 0 aliphatic rings. The third-order valence-corrected chi connectivity index (χ3v) is 3.85. The van der Waals surface area contributed by atoms with Crippen molar-refractivity contribution in [1.82, 2.24) is 13.4 Å². The van der Waals surface area contributed by atoms with Crippen LogP contribution in [0.15, 0.2) is 18.3 Å². The van der Waals surface area contributed by atoms with Crippen LogP contribution in [0.2, 0.25) is 0 Å². The molecule has 1 aromatic heterocycles. The van der Waals surface area contributed by atoms with Gasteiger partial charge in [0.2, 0.25) is 5.82 Å². The Bertz CT molecular complexity index is 459. The Kier molecular flexibility index (Phi) is 6.79. The van der Waals surface area contributed by atoms with Crippen LogP contribution in [-0.2, 0) is 6.18 Å². The Labute approximate surface area is 138 Å². The number of pyridine rings is 1. The van der Waals surface area contributed by atoms with Gasteiger partial charge in [-0.25, -0.2) is 4.98 Å². The van der Waals surface area contributed by atoms with Gasteiger partial charge in [-0.15, -0.1) is 3.94 Å². The van der Waals surface area contributed by atoms with Gasteiger partial charge in [-0.05, 0) is 43.5 Å². The van der Waals surface area contributed by atoms with E-state index in [1.54, 1.807) is 0 Å². The molecule has 0 aromatic carbocycles. The van der Waals surface area contributed by atoms with Crippen molar-refractivity contribution in [2.45, 2.75) is 25.6 Å². The lowest BCUT2D eigenvalue weighted by Crippen LogP contribution is -3.00. The molecule has 0 spiro atoms. The summed E-state index contributed by atoms with van der Waals surface area (Å²) in [5.41, 5.74) is -1.33. The summed E-state index contributed by atoms with van der Waals surface area (Å²) in [5.74, 6) is 0.501. The summed E-state index contributed by atoms with van der Waals surface area (Å²) in [4.78, 5) is 3.91. The van der Waals surface area contributed by atoms with E-state index in [-0.39, 0.29) is 16.9 Å². The number of nitrogens with zero attached hydrogens (tertiary/aromatic N) is 3. The number of rotatable bonds is 4. The average molecular weight is 367 g/mol. The molecule has 1 heterocycles. The van der Waals surface area contributed by atoms with E-state index in [1.165, 1.54) is 6.07 Å². The predicted octanol–water partition coefficient (Wildman–Crippen LogP) is 1.06. The van der Waals surface area contributed by atoms with E-state index in [4.69, 9.17) is 23.6 Å². The van der Waals surface area contributed by atoms with E-state index in [9.17, 15) is 13.2 Å². The normalized spacial score (nSPS) is 13.2. The highest BCUT2D eigenvalue weighted by molar-refractivity contribution is 6.34. The highest BCUT2D eigenvalue weighted by atomic mass is 35.5. The van der Waals surface area contributed by atoms with Gasteiger partial charge in [0.1, 0.15) is 6.54 Å². The zero-order valence-corrected chi connectivity index (χ0v) is 14.3. The van der Waals surface area contributed by atoms with Crippen LogP contribution in [0.4, 0.5) is 19.0 Å². The van der Waals surface area contributed by atoms with Gasteiger partial charge in [0.25, 0.3) is 0 Å². The highest BCUT2D eigenvalue weighted by Gasteiger charge is 2.36. The van der Waals surface area contributed by atoms with Crippen LogP contribution in [0.25, 0.3) is 0 Å². The highest BCUT2D eigenvalue weighted by Crippen LogP contribution is 2.31. The lowest BCUT2D eigenvalue weighted by molar-refractivity contribution is -0.137. The average Bonchev–Trinajstić information content (AvgIpc) is 2.26. The van der Waals surface area contributed by atoms with Gasteiger partial charge in [0, 0.05) is 12.3 Å². The first-order valence-electron chi connectivity index (χ1n) is 5.85. The number of quaternary nitrogens is 1. The van der Waals surface area contributed by atoms with E-state index in [0.717, 1.165) is 16.2 Å². The van der Waals surface area contributed by atoms with E-state index >= 15 is 0 Å². The summed E-state index contributed by atoms with van der Waals surface area (Å²) in [6.07, 6.45) is -3.55. The van der Waals surface area contributed by atoms with Crippen LogP contribution in [0.3, 0.4) is 0 Å². The predicted molar refractivity (Wildman–Crippen MR) is 75.4 cm³/mol. The summed E-state index contributed by atoms with van der Waals surface area (Å²) < 4.78 is 38.8. The third-order valence-electron chi connectivity index (χ3n) is 2.94. The van der Waals surface area contributed by atoms with Crippen molar-refractivity contribution in [2.75, 3.05) is 20.6 Å². The van der Waals surface area contributed by atoms with E-state index in [2.05, 4.69) is 4.98 Å². The van der Waals surface area contributed by atoms with Gasteiger partial charge >= 0.3 is 6.18 Å². The zero-order chi connectivity index (χ0) is 15.8. The molecule has 0 atom stereocenters. The lowest BCUT2D eigenvalue weighted by atomic mass is 10.1. The van der Waals surface area contributed by atoms with Crippen LogP contribution in [0.1, 0.15) is 19.4 Å². The zero-order valence-electron chi connectivity index (χ0n) is 12.0. The second-order valence-corrected chi connectivity index (χ2v) is 6.64. The second-order valence-electron chi connectivity index (χ2n) is 5.79. The number of aromatic nitrogens is 1. The molecule has 0 saturated heterocycles. The molecule has 0 fully saturated rings. The topological polar surface area (TPSA) is 16.1 Å². The molecule has 0 unspecified atom stereocenters. The van der Waals surface area contributed by atoms with Gasteiger partial charge in [0.15, 0.2) is 0 Å². The Morgan fingerprint density at radius 1 is 1.19 bits per heavy atom. The minimum atomic E-state index is -4.38. The first-order chi connectivity index (χ1) is 8.86. The standard InChI is InChI=1S/C12H17Cl2F3N3.ClH/c1-11(2,19(13)14)8-20(3,4)10-6-5-9(7-18-10)12(15,16)17;/h5-7H,8H2,1-4H3;1H/q+1;/p-1. The minimum absolute atomic E-state index is 0. The van der Waals surface area contributed by atoms with Crippen LogP contribution < -0.4 is 16.9 Å². The molecule has 0 radical (unpaired) electrons. The number of alkyl halides is 3. The smallest absolute Gasteiger partial charge is 0.417 e. The summed E-state index contributed by atoms with van der Waals surface area (Å²) in [5, 5.41) is 0. The Hall–Kier alpha value is -0.270. The maximum atomic E-state index is 12.5. The molecular formula is C12H17Cl3F3N3. The Morgan fingerprint density at radius 3 is 2.05 bits per heavy atom. The number of halogens is 6. The van der Waals surface area contributed by atoms with Crippen molar-refractivity contribution in [3.8, 4) is 0 Å². The molecule has 3 nitrogen and oxygen atoms in total. The summed E-state index contributed by atoms with van der Waals surface area (Å²) >= 11 is 11.5.